The predicted molar refractivity (Wildman–Crippen MR) is 82.4 cm³/mol. The van der Waals surface area contributed by atoms with E-state index in [1.165, 1.54) is 29.9 Å². The first-order valence-electron chi connectivity index (χ1n) is 6.77. The standard InChI is InChI=1S/C16H17N3O3/c1-17-16(22)14(11-6-4-3-5-7-11)18-15(21)12-8-9-19(2)13(20)10-12/h3-10,14H,1-2H3,(H,17,22)(H,18,21)/t14-/m1/s1. The molecule has 0 fully saturated rings. The highest BCUT2D eigenvalue weighted by Gasteiger charge is 2.22. The van der Waals surface area contributed by atoms with Crippen LogP contribution in [0.15, 0.2) is 53.5 Å². The third-order valence-electron chi connectivity index (χ3n) is 3.28. The van der Waals surface area contributed by atoms with Crippen molar-refractivity contribution in [2.24, 2.45) is 7.05 Å². The molecule has 0 aliphatic rings. The Bertz CT molecular complexity index is 738. The van der Waals surface area contributed by atoms with E-state index in [2.05, 4.69) is 10.6 Å². The molecule has 1 heterocycles. The number of benzene rings is 1. The molecule has 0 bridgehead atoms. The average molecular weight is 299 g/mol. The molecule has 2 amide bonds. The van der Waals surface area contributed by atoms with E-state index < -0.39 is 11.9 Å². The van der Waals surface area contributed by atoms with Gasteiger partial charge in [-0.2, -0.15) is 0 Å². The maximum atomic E-state index is 12.3. The number of rotatable bonds is 4. The van der Waals surface area contributed by atoms with Crippen LogP contribution in [0, 0.1) is 0 Å². The second kappa shape index (κ2) is 6.71. The van der Waals surface area contributed by atoms with Crippen LogP contribution < -0.4 is 16.2 Å². The summed E-state index contributed by atoms with van der Waals surface area (Å²) >= 11 is 0. The number of carbonyl (C=O) groups is 2. The van der Waals surface area contributed by atoms with Gasteiger partial charge in [-0.25, -0.2) is 0 Å². The van der Waals surface area contributed by atoms with Crippen LogP contribution in [0.5, 0.6) is 0 Å². The Morgan fingerprint density at radius 3 is 2.41 bits per heavy atom. The number of pyridine rings is 1. The van der Waals surface area contributed by atoms with Gasteiger partial charge in [0.2, 0.25) is 5.91 Å². The lowest BCUT2D eigenvalue weighted by atomic mass is 10.1. The van der Waals surface area contributed by atoms with Crippen molar-refractivity contribution in [3.05, 3.63) is 70.1 Å². The second-order valence-electron chi connectivity index (χ2n) is 4.80. The second-order valence-corrected chi connectivity index (χ2v) is 4.80. The molecule has 2 N–H and O–H groups in total. The zero-order valence-corrected chi connectivity index (χ0v) is 12.4. The van der Waals surface area contributed by atoms with Gasteiger partial charge >= 0.3 is 0 Å². The summed E-state index contributed by atoms with van der Waals surface area (Å²) in [6.07, 6.45) is 1.51. The summed E-state index contributed by atoms with van der Waals surface area (Å²) in [5.74, 6) is -0.807. The minimum absolute atomic E-state index is 0.216. The molecule has 0 saturated carbocycles. The number of amides is 2. The Hall–Kier alpha value is -2.89. The third kappa shape index (κ3) is 3.41. The van der Waals surface area contributed by atoms with Gasteiger partial charge in [0.1, 0.15) is 6.04 Å². The van der Waals surface area contributed by atoms with E-state index in [0.29, 0.717) is 5.56 Å². The van der Waals surface area contributed by atoms with Crippen molar-refractivity contribution in [2.45, 2.75) is 6.04 Å². The van der Waals surface area contributed by atoms with E-state index in [0.717, 1.165) is 0 Å². The van der Waals surface area contributed by atoms with Crippen LogP contribution in [0.1, 0.15) is 22.0 Å². The Balaban J connectivity index is 2.27. The number of hydrogen-bond acceptors (Lipinski definition) is 3. The van der Waals surface area contributed by atoms with Crippen LogP contribution in [-0.4, -0.2) is 23.4 Å². The van der Waals surface area contributed by atoms with Crippen LogP contribution in [0.4, 0.5) is 0 Å². The summed E-state index contributed by atoms with van der Waals surface area (Å²) in [6, 6.07) is 10.9. The molecule has 0 unspecified atom stereocenters. The van der Waals surface area contributed by atoms with Gasteiger partial charge in [0.05, 0.1) is 0 Å². The van der Waals surface area contributed by atoms with E-state index in [1.54, 1.807) is 31.3 Å². The quantitative estimate of drug-likeness (QED) is 0.867. The Morgan fingerprint density at radius 2 is 1.82 bits per heavy atom. The van der Waals surface area contributed by atoms with Gasteiger partial charge in [0, 0.05) is 31.9 Å². The average Bonchev–Trinajstić information content (AvgIpc) is 2.55. The molecule has 2 rings (SSSR count). The molecule has 114 valence electrons. The Morgan fingerprint density at radius 1 is 1.14 bits per heavy atom. The first kappa shape index (κ1) is 15.5. The van der Waals surface area contributed by atoms with E-state index >= 15 is 0 Å². The molecule has 1 aromatic carbocycles. The lowest BCUT2D eigenvalue weighted by Gasteiger charge is -2.17. The predicted octanol–water partition coefficient (Wildman–Crippen LogP) is 0.602. The number of nitrogens with one attached hydrogen (secondary N) is 2. The molecule has 0 radical (unpaired) electrons. The summed E-state index contributed by atoms with van der Waals surface area (Å²) in [5, 5.41) is 5.17. The number of hydrogen-bond donors (Lipinski definition) is 2. The van der Waals surface area contributed by atoms with Gasteiger partial charge in [-0.15, -0.1) is 0 Å². The molecule has 6 heteroatoms. The zero-order valence-electron chi connectivity index (χ0n) is 12.4. The maximum Gasteiger partial charge on any atom is 0.252 e. The van der Waals surface area contributed by atoms with Crippen molar-refractivity contribution in [2.75, 3.05) is 7.05 Å². The molecule has 6 nitrogen and oxygen atoms in total. The summed E-state index contributed by atoms with van der Waals surface area (Å²) in [4.78, 5) is 35.9. The van der Waals surface area contributed by atoms with E-state index in [-0.39, 0.29) is 17.0 Å². The van der Waals surface area contributed by atoms with E-state index in [9.17, 15) is 14.4 Å². The van der Waals surface area contributed by atoms with E-state index in [1.807, 2.05) is 6.07 Å². The highest BCUT2D eigenvalue weighted by Crippen LogP contribution is 2.13. The van der Waals surface area contributed by atoms with Crippen LogP contribution in [0.25, 0.3) is 0 Å². The fourth-order valence-electron chi connectivity index (χ4n) is 1.99. The Kier molecular flexibility index (Phi) is 4.73. The molecular weight excluding hydrogens is 282 g/mol. The van der Waals surface area contributed by atoms with Crippen LogP contribution in [0.3, 0.4) is 0 Å². The number of carbonyl (C=O) groups excluding carboxylic acids is 2. The molecule has 0 aliphatic carbocycles. The molecule has 2 aromatic rings. The lowest BCUT2D eigenvalue weighted by molar-refractivity contribution is -0.122. The van der Waals surface area contributed by atoms with Crippen LogP contribution in [-0.2, 0) is 11.8 Å². The number of likely N-dealkylation sites (N-methyl/N-ethyl adjacent to an activating group) is 1. The summed E-state index contributed by atoms with van der Waals surface area (Å²) in [5.41, 5.74) is 0.593. The van der Waals surface area contributed by atoms with Gasteiger partial charge in [-0.05, 0) is 11.6 Å². The minimum atomic E-state index is -0.817. The molecular formula is C16H17N3O3. The molecule has 1 atom stereocenters. The number of nitrogens with zero attached hydrogens (tertiary/aromatic N) is 1. The SMILES string of the molecule is CNC(=O)[C@H](NC(=O)c1ccn(C)c(=O)c1)c1ccccc1. The third-order valence-corrected chi connectivity index (χ3v) is 3.28. The van der Waals surface area contributed by atoms with Crippen molar-refractivity contribution in [3.8, 4) is 0 Å². The van der Waals surface area contributed by atoms with Crippen molar-refractivity contribution < 1.29 is 9.59 Å². The van der Waals surface area contributed by atoms with E-state index in [4.69, 9.17) is 0 Å². The highest BCUT2D eigenvalue weighted by molar-refractivity contribution is 5.97. The molecule has 0 spiro atoms. The first-order chi connectivity index (χ1) is 10.5. The number of aryl methyl sites for hydroxylation is 1. The maximum absolute atomic E-state index is 12.3. The fourth-order valence-corrected chi connectivity index (χ4v) is 1.99. The monoisotopic (exact) mass is 299 g/mol. The Labute approximate surface area is 127 Å². The highest BCUT2D eigenvalue weighted by atomic mass is 16.2. The van der Waals surface area contributed by atoms with Gasteiger partial charge < -0.3 is 15.2 Å². The molecule has 22 heavy (non-hydrogen) atoms. The molecule has 0 saturated heterocycles. The zero-order chi connectivity index (χ0) is 16.1. The van der Waals surface area contributed by atoms with Gasteiger partial charge in [-0.1, -0.05) is 30.3 Å². The van der Waals surface area contributed by atoms with Gasteiger partial charge in [0.15, 0.2) is 0 Å². The summed E-state index contributed by atoms with van der Waals surface area (Å²) in [6.45, 7) is 0. The lowest BCUT2D eigenvalue weighted by Crippen LogP contribution is -2.39. The minimum Gasteiger partial charge on any atom is -0.357 e. The molecule has 1 aromatic heterocycles. The normalized spacial score (nSPS) is 11.5. The van der Waals surface area contributed by atoms with Gasteiger partial charge in [0.25, 0.3) is 11.5 Å². The topological polar surface area (TPSA) is 80.2 Å². The smallest absolute Gasteiger partial charge is 0.252 e. The first-order valence-corrected chi connectivity index (χ1v) is 6.77. The molecule has 0 aliphatic heterocycles. The van der Waals surface area contributed by atoms with Crippen molar-refractivity contribution >= 4 is 11.8 Å². The van der Waals surface area contributed by atoms with Crippen LogP contribution in [0.2, 0.25) is 0 Å². The van der Waals surface area contributed by atoms with Crippen molar-refractivity contribution in [1.29, 1.82) is 0 Å². The van der Waals surface area contributed by atoms with Crippen molar-refractivity contribution in [1.82, 2.24) is 15.2 Å². The van der Waals surface area contributed by atoms with Crippen molar-refractivity contribution in [3.63, 3.8) is 0 Å². The largest absolute Gasteiger partial charge is 0.357 e. The fraction of sp³-hybridized carbons (Fsp3) is 0.188. The van der Waals surface area contributed by atoms with Gasteiger partial charge in [-0.3, -0.25) is 14.4 Å². The summed E-state index contributed by atoms with van der Waals surface area (Å²) < 4.78 is 1.37. The number of aromatic nitrogens is 1. The summed E-state index contributed by atoms with van der Waals surface area (Å²) in [7, 11) is 3.10. The van der Waals surface area contributed by atoms with Crippen LogP contribution >= 0.6 is 0 Å².